The van der Waals surface area contributed by atoms with Crippen LogP contribution in [-0.2, 0) is 6.42 Å². The highest BCUT2D eigenvalue weighted by molar-refractivity contribution is 6.30. The van der Waals surface area contributed by atoms with Crippen molar-refractivity contribution in [2.45, 2.75) is 33.6 Å². The summed E-state index contributed by atoms with van der Waals surface area (Å²) in [6.45, 7) is 9.00. The molecule has 3 heterocycles. The molecule has 1 aliphatic heterocycles. The fraction of sp³-hybridized carbons (Fsp3) is 0.333. The van der Waals surface area contributed by atoms with Gasteiger partial charge in [-0.05, 0) is 56.7 Å². The Hall–Kier alpha value is -3.45. The lowest BCUT2D eigenvalue weighted by atomic mass is 10.2. The van der Waals surface area contributed by atoms with E-state index in [9.17, 15) is 4.79 Å². The average Bonchev–Trinajstić information content (AvgIpc) is 3.04. The van der Waals surface area contributed by atoms with E-state index >= 15 is 0 Å². The fourth-order valence-electron chi connectivity index (χ4n) is 4.57. The number of anilines is 1. The summed E-state index contributed by atoms with van der Waals surface area (Å²) in [6, 6.07) is 15.4. The summed E-state index contributed by atoms with van der Waals surface area (Å²) in [5.74, 6) is 1.73. The smallest absolute Gasteiger partial charge is 0.253 e. The molecular formula is C27H29ClN6O. The highest BCUT2D eigenvalue weighted by atomic mass is 35.5. The van der Waals surface area contributed by atoms with Crippen molar-refractivity contribution >= 4 is 34.4 Å². The zero-order valence-corrected chi connectivity index (χ0v) is 21.1. The van der Waals surface area contributed by atoms with Gasteiger partial charge in [0.05, 0.1) is 16.8 Å². The minimum Gasteiger partial charge on any atom is -0.354 e. The van der Waals surface area contributed by atoms with Gasteiger partial charge in [-0.2, -0.15) is 5.10 Å². The number of carbonyl (C=O) groups excluding carboxylic acids is 1. The van der Waals surface area contributed by atoms with E-state index in [1.54, 1.807) is 24.3 Å². The Morgan fingerprint density at radius 1 is 0.943 bits per heavy atom. The topological polar surface area (TPSA) is 67.2 Å². The number of benzene rings is 2. The number of aryl methyl sites for hydroxylation is 3. The Bertz CT molecular complexity index is 1360. The summed E-state index contributed by atoms with van der Waals surface area (Å²) >= 11 is 6.00. The molecule has 5 rings (SSSR count). The van der Waals surface area contributed by atoms with Gasteiger partial charge in [-0.25, -0.2) is 14.6 Å². The Morgan fingerprint density at radius 2 is 1.69 bits per heavy atom. The molecule has 0 saturated carbocycles. The van der Waals surface area contributed by atoms with Crippen molar-refractivity contribution in [3.63, 3.8) is 0 Å². The molecule has 7 nitrogen and oxygen atoms in total. The third kappa shape index (κ3) is 4.60. The zero-order chi connectivity index (χ0) is 24.5. The van der Waals surface area contributed by atoms with Crippen LogP contribution in [0.15, 0.2) is 48.5 Å². The minimum absolute atomic E-state index is 0.0361. The lowest BCUT2D eigenvalue weighted by Crippen LogP contribution is -2.35. The van der Waals surface area contributed by atoms with Crippen LogP contribution in [0.2, 0.25) is 5.02 Å². The maximum atomic E-state index is 13.1. The fourth-order valence-corrected chi connectivity index (χ4v) is 4.69. The van der Waals surface area contributed by atoms with Crippen molar-refractivity contribution in [1.82, 2.24) is 24.6 Å². The molecule has 0 bridgehead atoms. The molecule has 2 aromatic heterocycles. The molecular weight excluding hydrogens is 460 g/mol. The van der Waals surface area contributed by atoms with Gasteiger partial charge in [-0.1, -0.05) is 36.2 Å². The molecule has 180 valence electrons. The van der Waals surface area contributed by atoms with Crippen LogP contribution in [0.5, 0.6) is 0 Å². The molecule has 0 N–H and O–H groups in total. The molecule has 1 saturated heterocycles. The van der Waals surface area contributed by atoms with Gasteiger partial charge in [0.15, 0.2) is 5.65 Å². The number of nitrogens with zero attached hydrogens (tertiary/aromatic N) is 6. The summed E-state index contributed by atoms with van der Waals surface area (Å²) in [5.41, 5.74) is 4.57. The second kappa shape index (κ2) is 9.66. The van der Waals surface area contributed by atoms with E-state index < -0.39 is 0 Å². The van der Waals surface area contributed by atoms with Crippen LogP contribution in [0, 0.1) is 13.8 Å². The van der Waals surface area contributed by atoms with E-state index in [-0.39, 0.29) is 5.91 Å². The molecule has 0 spiro atoms. The number of carbonyl (C=O) groups is 1. The van der Waals surface area contributed by atoms with Gasteiger partial charge < -0.3 is 9.80 Å². The highest BCUT2D eigenvalue weighted by Crippen LogP contribution is 2.30. The number of fused-ring (bicyclic) bond motifs is 1. The molecule has 8 heteroatoms. The van der Waals surface area contributed by atoms with Gasteiger partial charge in [0.25, 0.3) is 5.91 Å². The predicted octanol–water partition coefficient (Wildman–Crippen LogP) is 5.00. The van der Waals surface area contributed by atoms with E-state index in [1.807, 2.05) is 16.5 Å². The first kappa shape index (κ1) is 23.3. The molecule has 0 aliphatic carbocycles. The third-order valence-electron chi connectivity index (χ3n) is 6.50. The van der Waals surface area contributed by atoms with Crippen LogP contribution in [-0.4, -0.2) is 56.7 Å². The Kier molecular flexibility index (Phi) is 6.43. The van der Waals surface area contributed by atoms with Crippen LogP contribution < -0.4 is 4.90 Å². The zero-order valence-electron chi connectivity index (χ0n) is 20.3. The number of aromatic nitrogens is 4. The molecule has 0 radical (unpaired) electrons. The largest absolute Gasteiger partial charge is 0.354 e. The average molecular weight is 489 g/mol. The lowest BCUT2D eigenvalue weighted by molar-refractivity contribution is 0.0767. The summed E-state index contributed by atoms with van der Waals surface area (Å²) in [7, 11) is 0. The summed E-state index contributed by atoms with van der Waals surface area (Å²) in [4.78, 5) is 27.1. The van der Waals surface area contributed by atoms with Crippen molar-refractivity contribution in [1.29, 1.82) is 0 Å². The number of hydrogen-bond acceptors (Lipinski definition) is 5. The Labute approximate surface area is 210 Å². The van der Waals surface area contributed by atoms with Crippen molar-refractivity contribution in [2.75, 3.05) is 31.1 Å². The van der Waals surface area contributed by atoms with Gasteiger partial charge in [0.1, 0.15) is 11.6 Å². The SMILES string of the molecule is CCc1nc(N2CCCN(C(=O)c3ccc(Cl)cc3)CC2)c2c(C)nn(-c3ccc(C)cc3)c2n1. The van der Waals surface area contributed by atoms with Crippen LogP contribution in [0.4, 0.5) is 5.82 Å². The first-order valence-electron chi connectivity index (χ1n) is 12.1. The number of halogens is 1. The van der Waals surface area contributed by atoms with Crippen LogP contribution >= 0.6 is 11.6 Å². The molecule has 1 aliphatic rings. The summed E-state index contributed by atoms with van der Waals surface area (Å²) in [6.07, 6.45) is 1.59. The predicted molar refractivity (Wildman–Crippen MR) is 140 cm³/mol. The highest BCUT2D eigenvalue weighted by Gasteiger charge is 2.25. The van der Waals surface area contributed by atoms with Crippen molar-refractivity contribution in [3.8, 4) is 5.69 Å². The van der Waals surface area contributed by atoms with Crippen molar-refractivity contribution < 1.29 is 4.79 Å². The van der Waals surface area contributed by atoms with E-state index in [2.05, 4.69) is 43.0 Å². The molecule has 2 aromatic carbocycles. The summed E-state index contributed by atoms with van der Waals surface area (Å²) < 4.78 is 1.92. The van der Waals surface area contributed by atoms with E-state index in [1.165, 1.54) is 5.56 Å². The monoisotopic (exact) mass is 488 g/mol. The molecule has 4 aromatic rings. The van der Waals surface area contributed by atoms with E-state index in [0.29, 0.717) is 30.2 Å². The van der Waals surface area contributed by atoms with Gasteiger partial charge in [-0.15, -0.1) is 0 Å². The van der Waals surface area contributed by atoms with Gasteiger partial charge >= 0.3 is 0 Å². The minimum atomic E-state index is 0.0361. The second-order valence-corrected chi connectivity index (χ2v) is 9.42. The third-order valence-corrected chi connectivity index (χ3v) is 6.75. The van der Waals surface area contributed by atoms with E-state index in [0.717, 1.165) is 53.4 Å². The van der Waals surface area contributed by atoms with Gasteiger partial charge in [-0.3, -0.25) is 4.79 Å². The Morgan fingerprint density at radius 3 is 2.40 bits per heavy atom. The molecule has 0 atom stereocenters. The van der Waals surface area contributed by atoms with Crippen LogP contribution in [0.1, 0.15) is 40.8 Å². The second-order valence-electron chi connectivity index (χ2n) is 8.99. The van der Waals surface area contributed by atoms with Crippen molar-refractivity contribution in [3.05, 3.63) is 76.2 Å². The maximum Gasteiger partial charge on any atom is 0.253 e. The standard InChI is InChI=1S/C27H29ClN6O/c1-4-23-29-25(24-19(3)31-34(26(24)30-23)22-12-6-18(2)7-13-22)32-14-5-15-33(17-16-32)27(35)20-8-10-21(28)11-9-20/h6-13H,4-5,14-17H2,1-3H3. The first-order valence-corrected chi connectivity index (χ1v) is 12.5. The molecule has 1 fully saturated rings. The number of rotatable bonds is 4. The first-order chi connectivity index (χ1) is 16.9. The van der Waals surface area contributed by atoms with Gasteiger partial charge in [0.2, 0.25) is 0 Å². The molecule has 35 heavy (non-hydrogen) atoms. The van der Waals surface area contributed by atoms with Gasteiger partial charge in [0, 0.05) is 43.2 Å². The lowest BCUT2D eigenvalue weighted by Gasteiger charge is -2.24. The molecule has 1 amide bonds. The number of hydrogen-bond donors (Lipinski definition) is 0. The summed E-state index contributed by atoms with van der Waals surface area (Å²) in [5, 5.41) is 6.45. The Balaban J connectivity index is 1.48. The maximum absolute atomic E-state index is 13.1. The normalized spacial score (nSPS) is 14.4. The van der Waals surface area contributed by atoms with Crippen molar-refractivity contribution in [2.24, 2.45) is 0 Å². The van der Waals surface area contributed by atoms with E-state index in [4.69, 9.17) is 26.7 Å². The molecule has 0 unspecified atom stereocenters. The van der Waals surface area contributed by atoms with Crippen LogP contribution in [0.25, 0.3) is 16.7 Å². The number of amides is 1. The quantitative estimate of drug-likeness (QED) is 0.404. The van der Waals surface area contributed by atoms with Crippen LogP contribution in [0.3, 0.4) is 0 Å².